The first kappa shape index (κ1) is 60.3. The molecule has 72 heavy (non-hydrogen) atoms. The number of carbonyl (C=O) groups is 8. The van der Waals surface area contributed by atoms with Crippen molar-refractivity contribution in [2.75, 3.05) is 25.1 Å². The van der Waals surface area contributed by atoms with Gasteiger partial charge in [-0.3, -0.25) is 33.6 Å². The Labute approximate surface area is 426 Å². The van der Waals surface area contributed by atoms with Gasteiger partial charge in [0.15, 0.2) is 0 Å². The van der Waals surface area contributed by atoms with E-state index in [1.807, 2.05) is 20.1 Å². The Kier molecular flexibility index (Phi) is 25.3. The number of hydrogen-bond donors (Lipinski definition) is 12. The van der Waals surface area contributed by atoms with Crippen molar-refractivity contribution in [2.45, 2.75) is 153 Å². The lowest BCUT2D eigenvalue weighted by atomic mass is 10.00. The van der Waals surface area contributed by atoms with Crippen molar-refractivity contribution in [3.8, 4) is 11.5 Å². The lowest BCUT2D eigenvalue weighted by Crippen LogP contribution is -2.62. The van der Waals surface area contributed by atoms with Crippen molar-refractivity contribution in [3.05, 3.63) is 59.7 Å². The van der Waals surface area contributed by atoms with Crippen molar-refractivity contribution in [3.63, 3.8) is 0 Å². The number of hydrogen-bond acceptors (Lipinski definition) is 14. The van der Waals surface area contributed by atoms with Crippen molar-refractivity contribution < 1.29 is 58.8 Å². The topological polar surface area (TPSA) is 345 Å². The van der Waals surface area contributed by atoms with Crippen LogP contribution in [-0.2, 0) is 51.2 Å². The predicted octanol–water partition coefficient (Wildman–Crippen LogP) is 0.550. The molecule has 1 aliphatic heterocycles. The molecule has 0 saturated carbocycles. The predicted molar refractivity (Wildman–Crippen MR) is 272 cm³/mol. The number of thioether (sulfide) groups is 1. The number of carbonyl (C=O) groups excluding carboxylic acids is 7. The minimum absolute atomic E-state index is 0.0257. The van der Waals surface area contributed by atoms with E-state index < -0.39 is 102 Å². The van der Waals surface area contributed by atoms with Crippen LogP contribution in [0.15, 0.2) is 48.5 Å². The largest absolute Gasteiger partial charge is 0.508 e. The number of nitrogens with two attached hydrogens (primary N) is 2. The molecule has 22 heteroatoms. The van der Waals surface area contributed by atoms with Gasteiger partial charge < -0.3 is 68.7 Å². The zero-order valence-electron chi connectivity index (χ0n) is 42.2. The van der Waals surface area contributed by atoms with Gasteiger partial charge in [0.05, 0.1) is 12.1 Å². The fourth-order valence-electron chi connectivity index (χ4n) is 8.23. The lowest BCUT2D eigenvalue weighted by Gasteiger charge is -2.31. The molecule has 1 heterocycles. The van der Waals surface area contributed by atoms with Crippen LogP contribution in [0.25, 0.3) is 0 Å². The first-order valence-electron chi connectivity index (χ1n) is 24.6. The number of amides is 7. The van der Waals surface area contributed by atoms with Crippen LogP contribution >= 0.6 is 11.8 Å². The second kappa shape index (κ2) is 30.2. The Balaban J connectivity index is 1.90. The van der Waals surface area contributed by atoms with Gasteiger partial charge in [0, 0.05) is 19.4 Å². The SMILES string of the molecule is CSCC[C@H](NC(=O)[C@@H](N)CC(C)C)C(=O)N[C@@H](Cc1ccc(O)cc1)C(=O)N1CCC[C@H]1C(=O)N[C@H](C(=O)N[C@H](Cc1ccc(O)cc1)C(=O)N[C@H](CC(C)C)C(=O)N[C@H](CCCCN)C(=O)O)[C@H](C)O. The van der Waals surface area contributed by atoms with E-state index in [9.17, 15) is 58.8 Å². The van der Waals surface area contributed by atoms with E-state index in [1.165, 1.54) is 60.0 Å². The van der Waals surface area contributed by atoms with E-state index in [0.717, 1.165) is 0 Å². The molecule has 9 atom stereocenters. The number of aliphatic hydroxyl groups excluding tert-OH is 1. The number of likely N-dealkylation sites (tertiary alicyclic amines) is 1. The van der Waals surface area contributed by atoms with Crippen LogP contribution in [0.4, 0.5) is 0 Å². The summed E-state index contributed by atoms with van der Waals surface area (Å²) in [4.78, 5) is 111. The highest BCUT2D eigenvalue weighted by Crippen LogP contribution is 2.22. The third-order valence-electron chi connectivity index (χ3n) is 12.1. The maximum atomic E-state index is 14.6. The Hall–Kier alpha value is -5.97. The molecule has 0 unspecified atom stereocenters. The number of phenols is 2. The molecule has 7 amide bonds. The van der Waals surface area contributed by atoms with Crippen LogP contribution in [-0.4, -0.2) is 152 Å². The number of nitrogens with zero attached hydrogens (tertiary/aromatic N) is 1. The third kappa shape index (κ3) is 19.9. The van der Waals surface area contributed by atoms with E-state index in [0.29, 0.717) is 49.1 Å². The zero-order chi connectivity index (χ0) is 53.7. The number of nitrogens with one attached hydrogen (secondary N) is 6. The molecule has 14 N–H and O–H groups in total. The molecule has 3 rings (SSSR count). The van der Waals surface area contributed by atoms with Crippen molar-refractivity contribution in [1.29, 1.82) is 0 Å². The molecule has 0 spiro atoms. The number of carboxylic acids is 1. The lowest BCUT2D eigenvalue weighted by molar-refractivity contribution is -0.143. The maximum Gasteiger partial charge on any atom is 0.326 e. The van der Waals surface area contributed by atoms with E-state index in [2.05, 4.69) is 31.9 Å². The molecule has 0 aromatic heterocycles. The summed E-state index contributed by atoms with van der Waals surface area (Å²) >= 11 is 1.46. The number of aliphatic carboxylic acids is 1. The Morgan fingerprint density at radius 2 is 1.15 bits per heavy atom. The summed E-state index contributed by atoms with van der Waals surface area (Å²) in [5.74, 6) is -6.13. The first-order valence-corrected chi connectivity index (χ1v) is 26.0. The van der Waals surface area contributed by atoms with Gasteiger partial charge in [-0.1, -0.05) is 52.0 Å². The monoisotopic (exact) mass is 1030 g/mol. The molecular formula is C50H77N9O12S. The summed E-state index contributed by atoms with van der Waals surface area (Å²) in [6.07, 6.45) is 2.31. The smallest absolute Gasteiger partial charge is 0.326 e. The molecule has 2 aromatic rings. The maximum absolute atomic E-state index is 14.6. The quantitative estimate of drug-likeness (QED) is 0.0476. The minimum Gasteiger partial charge on any atom is -0.508 e. The summed E-state index contributed by atoms with van der Waals surface area (Å²) in [7, 11) is 0. The Bertz CT molecular complexity index is 2110. The molecule has 0 bridgehead atoms. The van der Waals surface area contributed by atoms with Gasteiger partial charge in [-0.25, -0.2) is 4.79 Å². The van der Waals surface area contributed by atoms with Crippen LogP contribution in [0.1, 0.15) is 97.1 Å². The van der Waals surface area contributed by atoms with Gasteiger partial charge >= 0.3 is 5.97 Å². The van der Waals surface area contributed by atoms with Gasteiger partial charge in [-0.05, 0) is 124 Å². The third-order valence-corrected chi connectivity index (χ3v) is 12.8. The summed E-state index contributed by atoms with van der Waals surface area (Å²) in [5.41, 5.74) is 12.7. The van der Waals surface area contributed by atoms with Crippen molar-refractivity contribution >= 4 is 59.1 Å². The van der Waals surface area contributed by atoms with Crippen LogP contribution in [0.3, 0.4) is 0 Å². The second-order valence-corrected chi connectivity index (χ2v) is 20.2. The van der Waals surface area contributed by atoms with Crippen LogP contribution in [0.2, 0.25) is 0 Å². The molecule has 0 radical (unpaired) electrons. The standard InChI is InChI=1S/C50H77N9O12S/c1-28(2)24-35(52)43(63)53-36(20-23-72-6)44(64)57-40(27-32-14-18-34(62)19-15-32)49(69)59-22-9-11-41(59)47(67)58-42(30(5)60)48(68)56-39(26-31-12-16-33(61)17-13-31)46(66)55-38(25-29(3)4)45(65)54-37(50(70)71)10-7-8-21-51/h12-19,28-30,35-42,60-62H,7-11,20-27,51-52H2,1-6H3,(H,53,63)(H,54,65)(H,55,66)(H,56,68)(H,57,64)(H,58,67)(H,70,71)/t30-,35-,36-,37+,38+,39+,40-,41-,42-/m0/s1. The van der Waals surface area contributed by atoms with E-state index >= 15 is 0 Å². The van der Waals surface area contributed by atoms with Crippen molar-refractivity contribution in [2.24, 2.45) is 23.3 Å². The van der Waals surface area contributed by atoms with Crippen LogP contribution in [0.5, 0.6) is 11.5 Å². The normalized spacial score (nSPS) is 16.8. The van der Waals surface area contributed by atoms with Gasteiger partial charge in [0.2, 0.25) is 41.4 Å². The highest BCUT2D eigenvalue weighted by atomic mass is 32.2. The molecule has 1 aliphatic rings. The zero-order valence-corrected chi connectivity index (χ0v) is 43.0. The number of rotatable bonds is 30. The summed E-state index contributed by atoms with van der Waals surface area (Å²) in [6, 6.07) is 1.79. The number of unbranched alkanes of at least 4 members (excludes halogenated alkanes) is 1. The average molecular weight is 1030 g/mol. The summed E-state index contributed by atoms with van der Waals surface area (Å²) < 4.78 is 0. The average Bonchev–Trinajstić information content (AvgIpc) is 3.82. The Morgan fingerprint density at radius 3 is 1.68 bits per heavy atom. The number of aliphatic hydroxyl groups is 1. The summed E-state index contributed by atoms with van der Waals surface area (Å²) in [6.45, 7) is 9.10. The Morgan fingerprint density at radius 1 is 0.653 bits per heavy atom. The number of phenolic OH excluding ortho intramolecular Hbond substituents is 2. The van der Waals surface area contributed by atoms with Crippen LogP contribution < -0.4 is 43.4 Å². The molecule has 0 aliphatic carbocycles. The second-order valence-electron chi connectivity index (χ2n) is 19.2. The summed E-state index contributed by atoms with van der Waals surface area (Å²) in [5, 5.41) is 56.5. The van der Waals surface area contributed by atoms with E-state index in [4.69, 9.17) is 11.5 Å². The van der Waals surface area contributed by atoms with Gasteiger partial charge in [0.1, 0.15) is 53.8 Å². The van der Waals surface area contributed by atoms with E-state index in [1.54, 1.807) is 26.0 Å². The van der Waals surface area contributed by atoms with E-state index in [-0.39, 0.29) is 68.4 Å². The highest BCUT2D eigenvalue weighted by Gasteiger charge is 2.41. The first-order chi connectivity index (χ1) is 34.0. The van der Waals surface area contributed by atoms with Gasteiger partial charge in [0.25, 0.3) is 0 Å². The fraction of sp³-hybridized carbons (Fsp3) is 0.600. The molecule has 21 nitrogen and oxygen atoms in total. The minimum atomic E-state index is -1.68. The molecule has 2 aromatic carbocycles. The van der Waals surface area contributed by atoms with Gasteiger partial charge in [-0.2, -0.15) is 11.8 Å². The molecule has 1 saturated heterocycles. The molecular weight excluding hydrogens is 951 g/mol. The number of benzene rings is 2. The van der Waals surface area contributed by atoms with Crippen molar-refractivity contribution in [1.82, 2.24) is 36.8 Å². The molecule has 1 fully saturated rings. The molecule has 400 valence electrons. The van der Waals surface area contributed by atoms with Gasteiger partial charge in [-0.15, -0.1) is 0 Å². The number of aromatic hydroxyl groups is 2. The number of carboxylic acid groups (broad SMARTS) is 1. The highest BCUT2D eigenvalue weighted by molar-refractivity contribution is 7.98. The van der Waals surface area contributed by atoms with Crippen LogP contribution in [0, 0.1) is 11.8 Å². The fourth-order valence-corrected chi connectivity index (χ4v) is 8.70.